The maximum Gasteiger partial charge on any atom is 0.178 e. The van der Waals surface area contributed by atoms with Crippen LogP contribution in [-0.4, -0.2) is 0 Å². The Balaban J connectivity index is 1.96. The first-order chi connectivity index (χ1) is 7.34. The van der Waals surface area contributed by atoms with Crippen LogP contribution >= 0.6 is 0 Å². The Bertz CT molecular complexity index is 406. The average molecular weight is 200 g/mol. The van der Waals surface area contributed by atoms with Crippen molar-refractivity contribution in [1.29, 1.82) is 0 Å². The molecule has 2 heteroatoms. The fourth-order valence-corrected chi connectivity index (χ4v) is 1.17. The fourth-order valence-electron chi connectivity index (χ4n) is 1.17. The number of hydrogen-bond acceptors (Lipinski definition) is 2. The Morgan fingerprint density at radius 1 is 0.667 bits per heavy atom. The maximum absolute atomic E-state index is 5.15. The van der Waals surface area contributed by atoms with Crippen molar-refractivity contribution in [3.63, 3.8) is 0 Å². The molecule has 0 aliphatic rings. The number of hydrogen-bond donors (Lipinski definition) is 0. The number of benzene rings is 2. The van der Waals surface area contributed by atoms with E-state index in [2.05, 4.69) is 0 Å². The Morgan fingerprint density at radius 2 is 1.20 bits per heavy atom. The van der Waals surface area contributed by atoms with Gasteiger partial charge < -0.3 is 0 Å². The zero-order chi connectivity index (χ0) is 10.5. The third kappa shape index (κ3) is 2.74. The van der Waals surface area contributed by atoms with Crippen LogP contribution in [0.3, 0.4) is 0 Å². The van der Waals surface area contributed by atoms with Crippen molar-refractivity contribution in [2.45, 2.75) is 6.92 Å². The molecule has 0 fully saturated rings. The van der Waals surface area contributed by atoms with Gasteiger partial charge in [0.2, 0.25) is 0 Å². The number of aryl methyl sites for hydroxylation is 1. The standard InChI is InChI=1S/C13H12O2/c1-11-7-9-13(10-8-11)15-14-12-5-3-2-4-6-12/h2-10H,1H3. The number of rotatable bonds is 3. The van der Waals surface area contributed by atoms with Crippen LogP contribution in [0.5, 0.6) is 11.5 Å². The Labute approximate surface area is 89.0 Å². The lowest BCUT2D eigenvalue weighted by Gasteiger charge is -2.05. The molecule has 0 spiro atoms. The third-order valence-corrected chi connectivity index (χ3v) is 2.00. The summed E-state index contributed by atoms with van der Waals surface area (Å²) in [7, 11) is 0. The SMILES string of the molecule is Cc1ccc(OOc2ccccc2)cc1. The predicted octanol–water partition coefficient (Wildman–Crippen LogP) is 3.37. The molecule has 0 bridgehead atoms. The minimum atomic E-state index is 0.693. The average Bonchev–Trinajstić information content (AvgIpc) is 2.30. The van der Waals surface area contributed by atoms with E-state index in [1.54, 1.807) is 0 Å². The second-order valence-corrected chi connectivity index (χ2v) is 3.29. The molecule has 15 heavy (non-hydrogen) atoms. The van der Waals surface area contributed by atoms with E-state index < -0.39 is 0 Å². The molecule has 2 aromatic rings. The summed E-state index contributed by atoms with van der Waals surface area (Å²) >= 11 is 0. The van der Waals surface area contributed by atoms with E-state index in [4.69, 9.17) is 9.78 Å². The van der Waals surface area contributed by atoms with Gasteiger partial charge in [-0.2, -0.15) is 0 Å². The monoisotopic (exact) mass is 200 g/mol. The minimum absolute atomic E-state index is 0.693. The summed E-state index contributed by atoms with van der Waals surface area (Å²) in [6, 6.07) is 17.1. The summed E-state index contributed by atoms with van der Waals surface area (Å²) < 4.78 is 0. The third-order valence-electron chi connectivity index (χ3n) is 2.00. The van der Waals surface area contributed by atoms with E-state index in [9.17, 15) is 0 Å². The first-order valence-electron chi connectivity index (χ1n) is 4.81. The molecule has 2 rings (SSSR count). The van der Waals surface area contributed by atoms with Crippen LogP contribution < -0.4 is 9.78 Å². The summed E-state index contributed by atoms with van der Waals surface area (Å²) in [5.41, 5.74) is 1.20. The van der Waals surface area contributed by atoms with Crippen molar-refractivity contribution in [3.05, 3.63) is 60.2 Å². The largest absolute Gasteiger partial charge is 0.290 e. The van der Waals surface area contributed by atoms with Gasteiger partial charge in [0.1, 0.15) is 0 Å². The lowest BCUT2D eigenvalue weighted by atomic mass is 10.2. The second-order valence-electron chi connectivity index (χ2n) is 3.29. The first kappa shape index (κ1) is 9.59. The molecule has 0 saturated carbocycles. The highest BCUT2D eigenvalue weighted by Crippen LogP contribution is 2.14. The van der Waals surface area contributed by atoms with Gasteiger partial charge in [-0.05, 0) is 31.2 Å². The predicted molar refractivity (Wildman–Crippen MR) is 58.9 cm³/mol. The van der Waals surface area contributed by atoms with Gasteiger partial charge in [0.05, 0.1) is 0 Å². The molecule has 0 atom stereocenters. The van der Waals surface area contributed by atoms with Gasteiger partial charge in [-0.25, -0.2) is 0 Å². The van der Waals surface area contributed by atoms with Crippen LogP contribution in [0.2, 0.25) is 0 Å². The highest BCUT2D eigenvalue weighted by Gasteiger charge is 1.95. The molecule has 2 nitrogen and oxygen atoms in total. The van der Waals surface area contributed by atoms with Gasteiger partial charge in [-0.3, -0.25) is 9.78 Å². The van der Waals surface area contributed by atoms with Crippen LogP contribution in [-0.2, 0) is 0 Å². The van der Waals surface area contributed by atoms with Crippen LogP contribution in [0.4, 0.5) is 0 Å². The quantitative estimate of drug-likeness (QED) is 0.558. The molecule has 76 valence electrons. The van der Waals surface area contributed by atoms with Crippen molar-refractivity contribution < 1.29 is 9.78 Å². The summed E-state index contributed by atoms with van der Waals surface area (Å²) in [5.74, 6) is 1.39. The van der Waals surface area contributed by atoms with Crippen molar-refractivity contribution in [2.75, 3.05) is 0 Å². The van der Waals surface area contributed by atoms with Gasteiger partial charge in [0.25, 0.3) is 0 Å². The van der Waals surface area contributed by atoms with Crippen molar-refractivity contribution in [1.82, 2.24) is 0 Å². The van der Waals surface area contributed by atoms with Crippen LogP contribution in [0.15, 0.2) is 54.6 Å². The minimum Gasteiger partial charge on any atom is -0.290 e. The van der Waals surface area contributed by atoms with Crippen molar-refractivity contribution in [3.8, 4) is 11.5 Å². The highest BCUT2D eigenvalue weighted by molar-refractivity contribution is 5.26. The van der Waals surface area contributed by atoms with Crippen LogP contribution in [0, 0.1) is 6.92 Å². The van der Waals surface area contributed by atoms with Gasteiger partial charge in [0.15, 0.2) is 11.5 Å². The molecule has 0 aromatic heterocycles. The zero-order valence-electron chi connectivity index (χ0n) is 8.51. The molecule has 0 amide bonds. The van der Waals surface area contributed by atoms with Crippen LogP contribution in [0.1, 0.15) is 5.56 Å². The maximum atomic E-state index is 5.15. The topological polar surface area (TPSA) is 18.5 Å². The summed E-state index contributed by atoms with van der Waals surface area (Å²) in [4.78, 5) is 10.3. The van der Waals surface area contributed by atoms with E-state index in [-0.39, 0.29) is 0 Å². The molecule has 0 heterocycles. The Morgan fingerprint density at radius 3 is 1.80 bits per heavy atom. The smallest absolute Gasteiger partial charge is 0.178 e. The molecule has 0 aliphatic carbocycles. The normalized spacial score (nSPS) is 9.67. The van der Waals surface area contributed by atoms with Crippen LogP contribution in [0.25, 0.3) is 0 Å². The lowest BCUT2D eigenvalue weighted by Crippen LogP contribution is -1.99. The van der Waals surface area contributed by atoms with E-state index in [0.29, 0.717) is 11.5 Å². The van der Waals surface area contributed by atoms with Crippen molar-refractivity contribution in [2.24, 2.45) is 0 Å². The Kier molecular flexibility index (Phi) is 2.88. The first-order valence-corrected chi connectivity index (χ1v) is 4.81. The zero-order valence-corrected chi connectivity index (χ0v) is 8.51. The molecule has 0 radical (unpaired) electrons. The molecule has 2 aromatic carbocycles. The lowest BCUT2D eigenvalue weighted by molar-refractivity contribution is -0.0999. The van der Waals surface area contributed by atoms with E-state index in [0.717, 1.165) is 0 Å². The summed E-state index contributed by atoms with van der Waals surface area (Å²) in [6.45, 7) is 2.03. The fraction of sp³-hybridized carbons (Fsp3) is 0.0769. The molecular weight excluding hydrogens is 188 g/mol. The second kappa shape index (κ2) is 4.51. The van der Waals surface area contributed by atoms with E-state index in [1.807, 2.05) is 61.5 Å². The van der Waals surface area contributed by atoms with Crippen molar-refractivity contribution >= 4 is 0 Å². The van der Waals surface area contributed by atoms with Gasteiger partial charge in [-0.1, -0.05) is 35.9 Å². The number of para-hydroxylation sites is 1. The highest BCUT2D eigenvalue weighted by atomic mass is 17.2. The Hall–Kier alpha value is -1.96. The van der Waals surface area contributed by atoms with E-state index >= 15 is 0 Å². The summed E-state index contributed by atoms with van der Waals surface area (Å²) in [5, 5.41) is 0. The van der Waals surface area contributed by atoms with Gasteiger partial charge >= 0.3 is 0 Å². The molecule has 0 saturated heterocycles. The molecule has 0 unspecified atom stereocenters. The molecular formula is C13H12O2. The van der Waals surface area contributed by atoms with Gasteiger partial charge in [0, 0.05) is 0 Å². The summed E-state index contributed by atoms with van der Waals surface area (Å²) in [6.07, 6.45) is 0. The van der Waals surface area contributed by atoms with E-state index in [1.165, 1.54) is 5.56 Å². The molecule has 0 aliphatic heterocycles. The molecule has 0 N–H and O–H groups in total. The van der Waals surface area contributed by atoms with Gasteiger partial charge in [-0.15, -0.1) is 0 Å².